The summed E-state index contributed by atoms with van der Waals surface area (Å²) in [6, 6.07) is 0.596. The van der Waals surface area contributed by atoms with Crippen LogP contribution in [0.25, 0.3) is 0 Å². The minimum atomic E-state index is 0.217. The van der Waals surface area contributed by atoms with Crippen molar-refractivity contribution in [2.75, 3.05) is 26.2 Å². The Morgan fingerprint density at radius 2 is 2.08 bits per heavy atom. The van der Waals surface area contributed by atoms with Crippen LogP contribution in [0.1, 0.15) is 13.3 Å². The molecule has 3 nitrogen and oxygen atoms in total. The van der Waals surface area contributed by atoms with Crippen LogP contribution in [0.15, 0.2) is 12.2 Å². The zero-order chi connectivity index (χ0) is 9.26. The number of rotatable bonds is 1. The Hall–Kier alpha value is -0.830. The van der Waals surface area contributed by atoms with Crippen LogP contribution in [0.2, 0.25) is 0 Å². The van der Waals surface area contributed by atoms with Crippen molar-refractivity contribution in [3.05, 3.63) is 12.2 Å². The lowest BCUT2D eigenvalue weighted by molar-refractivity contribution is -0.127. The number of amides is 1. The molecule has 0 aromatic rings. The van der Waals surface area contributed by atoms with E-state index in [2.05, 4.69) is 17.1 Å². The quantitative estimate of drug-likeness (QED) is 0.548. The number of carbonyl (C=O) groups is 1. The molecule has 0 bridgehead atoms. The van der Waals surface area contributed by atoms with Crippen LogP contribution in [0.3, 0.4) is 0 Å². The third-order valence-corrected chi connectivity index (χ3v) is 2.97. The van der Waals surface area contributed by atoms with Gasteiger partial charge in [0.05, 0.1) is 0 Å². The zero-order valence-electron chi connectivity index (χ0n) is 8.07. The smallest absolute Gasteiger partial charge is 0.219 e. The largest absolute Gasteiger partial charge is 0.341 e. The van der Waals surface area contributed by atoms with Crippen LogP contribution < -0.4 is 0 Å². The maximum absolute atomic E-state index is 11.1. The van der Waals surface area contributed by atoms with Crippen LogP contribution in [0.5, 0.6) is 0 Å². The highest BCUT2D eigenvalue weighted by Gasteiger charge is 2.28. The molecule has 0 N–H and O–H groups in total. The summed E-state index contributed by atoms with van der Waals surface area (Å²) < 4.78 is 0. The summed E-state index contributed by atoms with van der Waals surface area (Å²) in [6.07, 6.45) is 5.55. The minimum Gasteiger partial charge on any atom is -0.341 e. The van der Waals surface area contributed by atoms with Crippen LogP contribution >= 0.6 is 0 Å². The molecule has 0 aromatic carbocycles. The normalized spacial score (nSPS) is 28.7. The van der Waals surface area contributed by atoms with Crippen molar-refractivity contribution in [2.45, 2.75) is 19.4 Å². The van der Waals surface area contributed by atoms with Gasteiger partial charge in [-0.25, -0.2) is 0 Å². The molecule has 1 fully saturated rings. The Morgan fingerprint density at radius 1 is 1.38 bits per heavy atom. The van der Waals surface area contributed by atoms with Crippen molar-refractivity contribution in [3.8, 4) is 0 Å². The summed E-state index contributed by atoms with van der Waals surface area (Å²) in [5.74, 6) is 0.217. The van der Waals surface area contributed by atoms with E-state index < -0.39 is 0 Å². The number of hydrogen-bond donors (Lipinski definition) is 0. The maximum atomic E-state index is 11.1. The van der Waals surface area contributed by atoms with Gasteiger partial charge in [0, 0.05) is 39.1 Å². The van der Waals surface area contributed by atoms with Gasteiger partial charge in [-0.2, -0.15) is 0 Å². The van der Waals surface area contributed by atoms with Gasteiger partial charge in [-0.05, 0) is 6.42 Å². The van der Waals surface area contributed by atoms with Gasteiger partial charge in [0.25, 0.3) is 0 Å². The fourth-order valence-electron chi connectivity index (χ4n) is 2.12. The van der Waals surface area contributed by atoms with E-state index >= 15 is 0 Å². The molecule has 1 unspecified atom stereocenters. The van der Waals surface area contributed by atoms with E-state index in [0.717, 1.165) is 32.6 Å². The minimum absolute atomic E-state index is 0.217. The molecule has 72 valence electrons. The SMILES string of the molecule is CC(=O)N1CCC(N2CC=CC2)C1. The standard InChI is InChI=1S/C10H16N2O/c1-9(13)12-7-4-10(8-12)11-5-2-3-6-11/h2-3,10H,4-8H2,1H3. The van der Waals surface area contributed by atoms with E-state index in [9.17, 15) is 4.79 Å². The lowest BCUT2D eigenvalue weighted by Crippen LogP contribution is -2.36. The third kappa shape index (κ3) is 1.75. The van der Waals surface area contributed by atoms with Crippen LogP contribution in [0, 0.1) is 0 Å². The molecule has 13 heavy (non-hydrogen) atoms. The summed E-state index contributed by atoms with van der Waals surface area (Å²) >= 11 is 0. The van der Waals surface area contributed by atoms with E-state index in [0.29, 0.717) is 6.04 Å². The van der Waals surface area contributed by atoms with Gasteiger partial charge in [0.2, 0.25) is 5.91 Å². The summed E-state index contributed by atoms with van der Waals surface area (Å²) in [5, 5.41) is 0. The Labute approximate surface area is 79.0 Å². The first-order valence-electron chi connectivity index (χ1n) is 4.92. The van der Waals surface area contributed by atoms with E-state index in [-0.39, 0.29) is 5.91 Å². The first-order valence-corrected chi connectivity index (χ1v) is 4.92. The van der Waals surface area contributed by atoms with Gasteiger partial charge in [-0.1, -0.05) is 12.2 Å². The molecule has 2 rings (SSSR count). The number of hydrogen-bond acceptors (Lipinski definition) is 2. The second-order valence-electron chi connectivity index (χ2n) is 3.83. The monoisotopic (exact) mass is 180 g/mol. The summed E-state index contributed by atoms with van der Waals surface area (Å²) in [7, 11) is 0. The molecule has 3 heteroatoms. The number of likely N-dealkylation sites (tertiary alicyclic amines) is 1. The van der Waals surface area contributed by atoms with Gasteiger partial charge in [-0.15, -0.1) is 0 Å². The molecular formula is C10H16N2O. The van der Waals surface area contributed by atoms with Crippen molar-refractivity contribution in [3.63, 3.8) is 0 Å². The van der Waals surface area contributed by atoms with Crippen molar-refractivity contribution in [1.29, 1.82) is 0 Å². The molecule has 0 saturated carbocycles. The number of carbonyl (C=O) groups excluding carboxylic acids is 1. The molecule has 1 amide bonds. The van der Waals surface area contributed by atoms with Gasteiger partial charge >= 0.3 is 0 Å². The third-order valence-electron chi connectivity index (χ3n) is 2.97. The van der Waals surface area contributed by atoms with E-state index in [1.54, 1.807) is 6.92 Å². The van der Waals surface area contributed by atoms with Gasteiger partial charge < -0.3 is 4.90 Å². The van der Waals surface area contributed by atoms with Gasteiger partial charge in [0.15, 0.2) is 0 Å². The van der Waals surface area contributed by atoms with E-state index in [4.69, 9.17) is 0 Å². The Bertz CT molecular complexity index is 229. The molecule has 1 saturated heterocycles. The first-order chi connectivity index (χ1) is 6.27. The lowest BCUT2D eigenvalue weighted by Gasteiger charge is -2.23. The highest BCUT2D eigenvalue weighted by Crippen LogP contribution is 2.17. The Morgan fingerprint density at radius 3 is 2.62 bits per heavy atom. The van der Waals surface area contributed by atoms with Gasteiger partial charge in [0.1, 0.15) is 0 Å². The van der Waals surface area contributed by atoms with Crippen molar-refractivity contribution < 1.29 is 4.79 Å². The Kier molecular flexibility index (Phi) is 2.36. The van der Waals surface area contributed by atoms with Crippen molar-refractivity contribution >= 4 is 5.91 Å². The van der Waals surface area contributed by atoms with Crippen LogP contribution in [-0.4, -0.2) is 47.9 Å². The average molecular weight is 180 g/mol. The topological polar surface area (TPSA) is 23.6 Å². The Balaban J connectivity index is 1.87. The highest BCUT2D eigenvalue weighted by molar-refractivity contribution is 5.73. The molecule has 2 heterocycles. The average Bonchev–Trinajstić information content (AvgIpc) is 2.75. The van der Waals surface area contributed by atoms with Gasteiger partial charge in [-0.3, -0.25) is 9.69 Å². The molecule has 0 spiro atoms. The van der Waals surface area contributed by atoms with Crippen LogP contribution in [0.4, 0.5) is 0 Å². The predicted molar refractivity (Wildman–Crippen MR) is 51.4 cm³/mol. The molecule has 0 aromatic heterocycles. The first kappa shape index (κ1) is 8.75. The fraction of sp³-hybridized carbons (Fsp3) is 0.700. The van der Waals surface area contributed by atoms with Crippen molar-refractivity contribution in [2.24, 2.45) is 0 Å². The second kappa shape index (κ2) is 3.50. The second-order valence-corrected chi connectivity index (χ2v) is 3.83. The predicted octanol–water partition coefficient (Wildman–Crippen LogP) is 0.479. The fourth-order valence-corrected chi connectivity index (χ4v) is 2.12. The highest BCUT2D eigenvalue weighted by atomic mass is 16.2. The van der Waals surface area contributed by atoms with Crippen LogP contribution in [-0.2, 0) is 4.79 Å². The van der Waals surface area contributed by atoms with E-state index in [1.807, 2.05) is 4.90 Å². The zero-order valence-corrected chi connectivity index (χ0v) is 8.07. The van der Waals surface area contributed by atoms with Crippen molar-refractivity contribution in [1.82, 2.24) is 9.80 Å². The number of nitrogens with zero attached hydrogens (tertiary/aromatic N) is 2. The summed E-state index contributed by atoms with van der Waals surface area (Å²) in [5.41, 5.74) is 0. The molecule has 0 aliphatic carbocycles. The maximum Gasteiger partial charge on any atom is 0.219 e. The molecule has 2 aliphatic rings. The summed E-state index contributed by atoms with van der Waals surface area (Å²) in [6.45, 7) is 5.66. The summed E-state index contributed by atoms with van der Waals surface area (Å²) in [4.78, 5) is 15.5. The molecule has 0 radical (unpaired) electrons. The van der Waals surface area contributed by atoms with E-state index in [1.165, 1.54) is 0 Å². The lowest BCUT2D eigenvalue weighted by atomic mass is 10.2. The molecule has 1 atom stereocenters. The molecule has 2 aliphatic heterocycles. The molecular weight excluding hydrogens is 164 g/mol.